The van der Waals surface area contributed by atoms with Gasteiger partial charge in [0.15, 0.2) is 0 Å². The van der Waals surface area contributed by atoms with Gasteiger partial charge in [-0.15, -0.1) is 0 Å². The molecule has 0 radical (unpaired) electrons. The highest BCUT2D eigenvalue weighted by Crippen LogP contribution is 2.32. The van der Waals surface area contributed by atoms with E-state index in [0.29, 0.717) is 12.6 Å². The summed E-state index contributed by atoms with van der Waals surface area (Å²) in [4.78, 5) is 31.6. The first-order valence-corrected chi connectivity index (χ1v) is 10.8. The minimum absolute atomic E-state index is 0.0198. The van der Waals surface area contributed by atoms with E-state index in [1.807, 2.05) is 29.2 Å². The quantitative estimate of drug-likeness (QED) is 0.629. The Kier molecular flexibility index (Phi) is 4.63. The summed E-state index contributed by atoms with van der Waals surface area (Å²) in [6, 6.07) is 17.0. The highest BCUT2D eigenvalue weighted by atomic mass is 123. The second-order valence-corrected chi connectivity index (χ2v) is 9.21. The summed E-state index contributed by atoms with van der Waals surface area (Å²) in [5, 5.41) is 0. The number of rotatable bonds is 4. The maximum atomic E-state index is 12.9. The van der Waals surface area contributed by atoms with Crippen LogP contribution in [0.5, 0.6) is 0 Å². The fraction of sp³-hybridized carbons (Fsp3) is 0.364. The van der Waals surface area contributed by atoms with Crippen LogP contribution in [0.2, 0.25) is 0 Å². The first-order chi connectivity index (χ1) is 13.6. The number of halogens is 1. The van der Waals surface area contributed by atoms with Crippen LogP contribution in [0.15, 0.2) is 48.5 Å². The van der Waals surface area contributed by atoms with Gasteiger partial charge in [-0.05, 0) is 58.3 Å². The van der Waals surface area contributed by atoms with E-state index in [2.05, 4.69) is 51.8 Å². The molecule has 3 heterocycles. The van der Waals surface area contributed by atoms with E-state index in [4.69, 9.17) is 0 Å². The molecular formula is C22H22IN3O2. The van der Waals surface area contributed by atoms with Gasteiger partial charge in [0.05, 0.1) is 0 Å². The fourth-order valence-corrected chi connectivity index (χ4v) is 5.13. The van der Waals surface area contributed by atoms with Crippen LogP contribution in [0.1, 0.15) is 27.9 Å². The molecule has 0 unspecified atom stereocenters. The van der Waals surface area contributed by atoms with Crippen LogP contribution in [-0.2, 0) is 17.9 Å². The van der Waals surface area contributed by atoms with Crippen LogP contribution in [-0.4, -0.2) is 58.2 Å². The zero-order chi connectivity index (χ0) is 19.3. The molecule has 5 nitrogen and oxygen atoms in total. The largest absolute Gasteiger partial charge is 0.335 e. The lowest BCUT2D eigenvalue weighted by molar-refractivity contribution is -0.134. The number of piperazine rings is 1. The summed E-state index contributed by atoms with van der Waals surface area (Å²) in [5.41, 5.74) is 3.08. The van der Waals surface area contributed by atoms with Gasteiger partial charge in [-0.1, -0.05) is 30.3 Å². The normalized spacial score (nSPS) is 23.5. The van der Waals surface area contributed by atoms with E-state index in [1.54, 1.807) is 4.90 Å². The van der Waals surface area contributed by atoms with Gasteiger partial charge >= 0.3 is 0 Å². The molecule has 2 aromatic carbocycles. The predicted octanol–water partition coefficient (Wildman–Crippen LogP) is 2.73. The number of carbonyl (C=O) groups is 2. The van der Waals surface area contributed by atoms with E-state index in [-0.39, 0.29) is 24.4 Å². The highest BCUT2D eigenvalue weighted by molar-refractivity contribution is 14.1. The van der Waals surface area contributed by atoms with Crippen LogP contribution in [0.3, 0.4) is 0 Å². The molecule has 2 atom stereocenters. The zero-order valence-electron chi connectivity index (χ0n) is 15.6. The first-order valence-electron chi connectivity index (χ1n) is 9.73. The van der Waals surface area contributed by atoms with Gasteiger partial charge in [0.25, 0.3) is 5.91 Å². The molecule has 0 saturated carbocycles. The summed E-state index contributed by atoms with van der Waals surface area (Å²) >= 11 is 2.33. The van der Waals surface area contributed by atoms with Gasteiger partial charge in [0.2, 0.25) is 5.91 Å². The number of hydrogen-bond acceptors (Lipinski definition) is 3. The van der Waals surface area contributed by atoms with Crippen molar-refractivity contribution < 1.29 is 9.59 Å². The van der Waals surface area contributed by atoms with Crippen molar-refractivity contribution in [2.75, 3.05) is 19.6 Å². The Morgan fingerprint density at radius 2 is 1.82 bits per heavy atom. The number of amides is 2. The molecule has 2 saturated heterocycles. The summed E-state index contributed by atoms with van der Waals surface area (Å²) in [5.74, 6) is 0.0659. The summed E-state index contributed by atoms with van der Waals surface area (Å²) in [6.45, 7) is 3.38. The predicted molar refractivity (Wildman–Crippen MR) is 115 cm³/mol. The van der Waals surface area contributed by atoms with Gasteiger partial charge in [0.1, 0.15) is 6.54 Å². The first kappa shape index (κ1) is 18.1. The van der Waals surface area contributed by atoms with Gasteiger partial charge < -0.3 is 9.80 Å². The average Bonchev–Trinajstić information content (AvgIpc) is 3.37. The lowest BCUT2D eigenvalue weighted by Gasteiger charge is -2.35. The Hall–Kier alpha value is -1.93. The smallest absolute Gasteiger partial charge is 0.254 e. The second kappa shape index (κ2) is 7.15. The summed E-state index contributed by atoms with van der Waals surface area (Å²) in [7, 11) is 0. The van der Waals surface area contributed by atoms with Crippen LogP contribution < -0.4 is 0 Å². The molecule has 28 heavy (non-hydrogen) atoms. The molecule has 3 aliphatic rings. The van der Waals surface area contributed by atoms with E-state index in [0.717, 1.165) is 37.2 Å². The van der Waals surface area contributed by atoms with Crippen LogP contribution >= 0.6 is 22.6 Å². The third kappa shape index (κ3) is 3.22. The molecule has 144 valence electrons. The molecular weight excluding hydrogens is 461 g/mol. The third-order valence-corrected chi connectivity index (χ3v) is 6.91. The van der Waals surface area contributed by atoms with Crippen molar-refractivity contribution in [1.82, 2.24) is 14.7 Å². The number of benzene rings is 2. The minimum Gasteiger partial charge on any atom is -0.335 e. The Bertz CT molecular complexity index is 930. The van der Waals surface area contributed by atoms with Gasteiger partial charge in [-0.2, -0.15) is 0 Å². The standard InChI is InChI=1S/C22H22IN3O2/c23-17-7-5-15(6-8-17)10-24-12-19-9-18(24)13-26(19)21(27)14-25-11-16-3-1-2-4-20(16)22(25)28/h1-8,18-19H,9-14H2/t18-,19-/m0/s1/i23-4. The Balaban J connectivity index is 1.19. The molecule has 2 bridgehead atoms. The average molecular weight is 483 g/mol. The third-order valence-electron chi connectivity index (χ3n) is 6.20. The van der Waals surface area contributed by atoms with Gasteiger partial charge in [-0.3, -0.25) is 14.5 Å². The van der Waals surface area contributed by atoms with Crippen LogP contribution in [0.25, 0.3) is 0 Å². The Morgan fingerprint density at radius 3 is 2.54 bits per heavy atom. The maximum Gasteiger partial charge on any atom is 0.254 e. The number of hydrogen-bond donors (Lipinski definition) is 0. The molecule has 0 spiro atoms. The number of nitrogens with zero attached hydrogens (tertiary/aromatic N) is 3. The minimum atomic E-state index is -0.0198. The summed E-state index contributed by atoms with van der Waals surface area (Å²) in [6.07, 6.45) is 1.05. The van der Waals surface area contributed by atoms with Crippen molar-refractivity contribution in [1.29, 1.82) is 0 Å². The van der Waals surface area contributed by atoms with Crippen molar-refractivity contribution in [3.05, 3.63) is 68.8 Å². The van der Waals surface area contributed by atoms with E-state index < -0.39 is 0 Å². The van der Waals surface area contributed by atoms with Crippen molar-refractivity contribution in [3.8, 4) is 0 Å². The number of carbonyl (C=O) groups excluding carboxylic acids is 2. The molecule has 2 amide bonds. The van der Waals surface area contributed by atoms with E-state index in [9.17, 15) is 9.59 Å². The molecule has 2 fully saturated rings. The topological polar surface area (TPSA) is 43.9 Å². The van der Waals surface area contributed by atoms with Crippen molar-refractivity contribution in [2.45, 2.75) is 31.6 Å². The lowest BCUT2D eigenvalue weighted by atomic mass is 10.1. The van der Waals surface area contributed by atoms with Crippen molar-refractivity contribution >= 4 is 34.4 Å². The number of fused-ring (bicyclic) bond motifs is 3. The van der Waals surface area contributed by atoms with Crippen molar-refractivity contribution in [2.24, 2.45) is 0 Å². The zero-order valence-corrected chi connectivity index (χ0v) is 17.7. The van der Waals surface area contributed by atoms with E-state index in [1.165, 1.54) is 9.13 Å². The van der Waals surface area contributed by atoms with Crippen LogP contribution in [0, 0.1) is 3.57 Å². The molecule has 0 N–H and O–H groups in total. The SMILES string of the molecule is O=C1c2ccccc2CN1CC(=O)N1C[C@@H]2C[C@H]1CN2Cc1ccc([123I])cc1. The molecule has 0 aromatic heterocycles. The molecule has 0 aliphatic carbocycles. The highest BCUT2D eigenvalue weighted by Gasteiger charge is 2.45. The maximum absolute atomic E-state index is 12.9. The lowest BCUT2D eigenvalue weighted by Crippen LogP contribution is -2.51. The fourth-order valence-electron chi connectivity index (χ4n) is 4.77. The molecule has 6 heteroatoms. The Morgan fingerprint density at radius 1 is 1.04 bits per heavy atom. The van der Waals surface area contributed by atoms with Gasteiger partial charge in [-0.25, -0.2) is 0 Å². The summed E-state index contributed by atoms with van der Waals surface area (Å²) < 4.78 is 1.25. The second-order valence-electron chi connectivity index (χ2n) is 7.96. The monoisotopic (exact) mass is 483 g/mol. The number of likely N-dealkylation sites (tertiary alicyclic amines) is 2. The molecule has 5 rings (SSSR count). The van der Waals surface area contributed by atoms with Crippen molar-refractivity contribution in [3.63, 3.8) is 0 Å². The van der Waals surface area contributed by atoms with Crippen LogP contribution in [0.4, 0.5) is 0 Å². The van der Waals surface area contributed by atoms with Gasteiger partial charge in [0, 0.05) is 47.4 Å². The Labute approximate surface area is 178 Å². The van der Waals surface area contributed by atoms with E-state index >= 15 is 0 Å². The molecule has 3 aliphatic heterocycles. The molecule has 2 aromatic rings.